The van der Waals surface area contributed by atoms with Crippen LogP contribution in [0.1, 0.15) is 37.0 Å². The molecule has 32 heavy (non-hydrogen) atoms. The summed E-state index contributed by atoms with van der Waals surface area (Å²) in [5.74, 6) is -0.816. The fourth-order valence-corrected chi connectivity index (χ4v) is 4.35. The zero-order chi connectivity index (χ0) is 22.7. The first-order valence-corrected chi connectivity index (χ1v) is 10.7. The molecule has 0 atom stereocenters. The molecule has 1 amide bonds. The molecule has 1 N–H and O–H groups in total. The van der Waals surface area contributed by atoms with Gasteiger partial charge in [0.15, 0.2) is 0 Å². The van der Waals surface area contributed by atoms with Gasteiger partial charge in [0, 0.05) is 30.1 Å². The SMILES string of the molecule is COC(=O)c1sc2nc(CN(C)Cc3ccon3)ccc2c1NC(=O)c1ccc(C)cc1. The lowest BCUT2D eigenvalue weighted by atomic mass is 10.1. The van der Waals surface area contributed by atoms with Crippen LogP contribution in [-0.2, 0) is 17.8 Å². The highest BCUT2D eigenvalue weighted by Gasteiger charge is 2.22. The number of nitrogens with zero attached hydrogens (tertiary/aromatic N) is 3. The van der Waals surface area contributed by atoms with Crippen molar-refractivity contribution in [2.45, 2.75) is 20.0 Å². The maximum atomic E-state index is 12.8. The average molecular weight is 451 g/mol. The molecule has 0 saturated heterocycles. The van der Waals surface area contributed by atoms with Gasteiger partial charge in [-0.3, -0.25) is 9.69 Å². The van der Waals surface area contributed by atoms with Gasteiger partial charge in [0.2, 0.25) is 0 Å². The number of pyridine rings is 1. The molecule has 3 aromatic heterocycles. The highest BCUT2D eigenvalue weighted by molar-refractivity contribution is 7.21. The van der Waals surface area contributed by atoms with E-state index < -0.39 is 5.97 Å². The third kappa shape index (κ3) is 4.68. The molecule has 164 valence electrons. The minimum absolute atomic E-state index is 0.300. The van der Waals surface area contributed by atoms with Crippen LogP contribution in [0.2, 0.25) is 0 Å². The molecule has 9 heteroatoms. The third-order valence-electron chi connectivity index (χ3n) is 4.89. The van der Waals surface area contributed by atoms with Crippen molar-refractivity contribution in [3.05, 3.63) is 76.1 Å². The van der Waals surface area contributed by atoms with Crippen molar-refractivity contribution in [3.63, 3.8) is 0 Å². The van der Waals surface area contributed by atoms with Gasteiger partial charge in [-0.1, -0.05) is 22.9 Å². The third-order valence-corrected chi connectivity index (χ3v) is 5.97. The molecule has 4 rings (SSSR count). The molecule has 0 radical (unpaired) electrons. The first kappa shape index (κ1) is 21.7. The molecule has 0 bridgehead atoms. The van der Waals surface area contributed by atoms with E-state index in [0.717, 1.165) is 17.0 Å². The van der Waals surface area contributed by atoms with Gasteiger partial charge in [-0.15, -0.1) is 11.3 Å². The standard InChI is InChI=1S/C23H22N4O4S/c1-14-4-6-15(7-5-14)21(28)25-19-18-9-8-16(12-27(2)13-17-10-11-31-26-17)24-22(18)32-20(19)23(29)30-3/h4-11H,12-13H2,1-3H3,(H,25,28). The molecule has 0 aliphatic rings. The Kier molecular flexibility index (Phi) is 6.29. The Bertz CT molecular complexity index is 1250. The molecular formula is C23H22N4O4S. The molecule has 4 aromatic rings. The molecule has 0 saturated carbocycles. The van der Waals surface area contributed by atoms with Crippen LogP contribution >= 0.6 is 11.3 Å². The first-order valence-electron chi connectivity index (χ1n) is 9.91. The van der Waals surface area contributed by atoms with Gasteiger partial charge in [0.05, 0.1) is 24.2 Å². The Morgan fingerprint density at radius 2 is 1.84 bits per heavy atom. The lowest BCUT2D eigenvalue weighted by molar-refractivity contribution is 0.0607. The monoisotopic (exact) mass is 450 g/mol. The van der Waals surface area contributed by atoms with Gasteiger partial charge in [0.1, 0.15) is 16.0 Å². The first-order chi connectivity index (χ1) is 15.4. The van der Waals surface area contributed by atoms with Crippen LogP contribution in [0.15, 0.2) is 53.3 Å². The zero-order valence-electron chi connectivity index (χ0n) is 17.9. The largest absolute Gasteiger partial charge is 0.465 e. The normalized spacial score (nSPS) is 11.1. The average Bonchev–Trinajstić information content (AvgIpc) is 3.41. The number of aromatic nitrogens is 2. The summed E-state index contributed by atoms with van der Waals surface area (Å²) in [5.41, 5.74) is 3.64. The molecule has 3 heterocycles. The molecule has 0 fully saturated rings. The number of carbonyl (C=O) groups excluding carboxylic acids is 2. The Balaban J connectivity index is 1.61. The Labute approximate surface area is 188 Å². The number of ether oxygens (including phenoxy) is 1. The summed E-state index contributed by atoms with van der Waals surface area (Å²) in [6, 6.07) is 12.8. The van der Waals surface area contributed by atoms with Crippen molar-refractivity contribution < 1.29 is 18.8 Å². The van der Waals surface area contributed by atoms with Crippen LogP contribution in [-0.4, -0.2) is 41.1 Å². The summed E-state index contributed by atoms with van der Waals surface area (Å²) in [5, 5.41) is 7.49. The number of anilines is 1. The number of benzene rings is 1. The Morgan fingerprint density at radius 1 is 1.09 bits per heavy atom. The second-order valence-electron chi connectivity index (χ2n) is 7.44. The smallest absolute Gasteiger partial charge is 0.350 e. The summed E-state index contributed by atoms with van der Waals surface area (Å²) in [6.07, 6.45) is 1.54. The van der Waals surface area contributed by atoms with Gasteiger partial charge < -0.3 is 14.6 Å². The van der Waals surface area contributed by atoms with Crippen LogP contribution in [0.4, 0.5) is 5.69 Å². The van der Waals surface area contributed by atoms with Crippen molar-refractivity contribution in [1.82, 2.24) is 15.0 Å². The maximum Gasteiger partial charge on any atom is 0.350 e. The second-order valence-corrected chi connectivity index (χ2v) is 8.44. The molecule has 8 nitrogen and oxygen atoms in total. The maximum absolute atomic E-state index is 12.8. The Morgan fingerprint density at radius 3 is 2.53 bits per heavy atom. The van der Waals surface area contributed by atoms with Crippen LogP contribution in [0.5, 0.6) is 0 Å². The van der Waals surface area contributed by atoms with Gasteiger partial charge in [-0.25, -0.2) is 9.78 Å². The minimum Gasteiger partial charge on any atom is -0.465 e. The van der Waals surface area contributed by atoms with Crippen LogP contribution < -0.4 is 5.32 Å². The van der Waals surface area contributed by atoms with E-state index in [1.165, 1.54) is 18.4 Å². The van der Waals surface area contributed by atoms with E-state index >= 15 is 0 Å². The predicted molar refractivity (Wildman–Crippen MR) is 122 cm³/mol. The number of hydrogen-bond donors (Lipinski definition) is 1. The van der Waals surface area contributed by atoms with E-state index in [9.17, 15) is 9.59 Å². The summed E-state index contributed by atoms with van der Waals surface area (Å²) in [6.45, 7) is 3.15. The van der Waals surface area contributed by atoms with Gasteiger partial charge in [-0.2, -0.15) is 0 Å². The molecule has 0 spiro atoms. The number of methoxy groups -OCH3 is 1. The topological polar surface area (TPSA) is 97.6 Å². The predicted octanol–water partition coefficient (Wildman–Crippen LogP) is 4.26. The fourth-order valence-electron chi connectivity index (χ4n) is 3.28. The summed E-state index contributed by atoms with van der Waals surface area (Å²) in [4.78, 5) is 32.9. The van der Waals surface area contributed by atoms with E-state index in [-0.39, 0.29) is 5.91 Å². The molecule has 1 aromatic carbocycles. The fraction of sp³-hybridized carbons (Fsp3) is 0.217. The van der Waals surface area contributed by atoms with Crippen LogP contribution in [0.25, 0.3) is 10.2 Å². The van der Waals surface area contributed by atoms with E-state index in [1.807, 2.05) is 44.3 Å². The summed E-state index contributed by atoms with van der Waals surface area (Å²) >= 11 is 1.20. The van der Waals surface area contributed by atoms with Crippen LogP contribution in [0.3, 0.4) is 0 Å². The molecular weight excluding hydrogens is 428 g/mol. The lowest BCUT2D eigenvalue weighted by Gasteiger charge is -2.14. The number of hydrogen-bond acceptors (Lipinski definition) is 8. The number of carbonyl (C=O) groups is 2. The van der Waals surface area contributed by atoms with Crippen LogP contribution in [0, 0.1) is 6.92 Å². The minimum atomic E-state index is -0.517. The van der Waals surface area contributed by atoms with E-state index in [0.29, 0.717) is 39.4 Å². The van der Waals surface area contributed by atoms with Gasteiger partial charge >= 0.3 is 5.97 Å². The van der Waals surface area contributed by atoms with Gasteiger partial charge in [0.25, 0.3) is 5.91 Å². The summed E-state index contributed by atoms with van der Waals surface area (Å²) < 4.78 is 9.80. The number of nitrogens with one attached hydrogen (secondary N) is 1. The summed E-state index contributed by atoms with van der Waals surface area (Å²) in [7, 11) is 3.28. The second kappa shape index (κ2) is 9.29. The van der Waals surface area contributed by atoms with Crippen molar-refractivity contribution in [1.29, 1.82) is 0 Å². The van der Waals surface area contributed by atoms with Crippen molar-refractivity contribution >= 4 is 39.1 Å². The number of amides is 1. The number of aryl methyl sites for hydroxylation is 1. The highest BCUT2D eigenvalue weighted by Crippen LogP contribution is 2.36. The number of thiophene rings is 1. The molecule has 0 unspecified atom stereocenters. The Hall–Kier alpha value is -3.56. The quantitative estimate of drug-likeness (QED) is 0.420. The van der Waals surface area contributed by atoms with E-state index in [4.69, 9.17) is 14.2 Å². The molecule has 0 aliphatic heterocycles. The van der Waals surface area contributed by atoms with Crippen molar-refractivity contribution in [2.24, 2.45) is 0 Å². The van der Waals surface area contributed by atoms with E-state index in [1.54, 1.807) is 18.4 Å². The highest BCUT2D eigenvalue weighted by atomic mass is 32.1. The lowest BCUT2D eigenvalue weighted by Crippen LogP contribution is -2.18. The van der Waals surface area contributed by atoms with Crippen molar-refractivity contribution in [2.75, 3.05) is 19.5 Å². The van der Waals surface area contributed by atoms with Crippen molar-refractivity contribution in [3.8, 4) is 0 Å². The zero-order valence-corrected chi connectivity index (χ0v) is 18.7. The number of fused-ring (bicyclic) bond motifs is 1. The van der Waals surface area contributed by atoms with E-state index in [2.05, 4.69) is 15.4 Å². The molecule has 0 aliphatic carbocycles. The van der Waals surface area contributed by atoms with Gasteiger partial charge in [-0.05, 0) is 38.2 Å². The number of esters is 1. The number of rotatable bonds is 7.